The molecule has 0 aliphatic heterocycles. The van der Waals surface area contributed by atoms with Crippen molar-refractivity contribution in [2.45, 2.75) is 6.92 Å². The molecule has 17 heavy (non-hydrogen) atoms. The van der Waals surface area contributed by atoms with Gasteiger partial charge in [0.25, 0.3) is 0 Å². The topological polar surface area (TPSA) is 28.7 Å². The number of nitrogens with one attached hydrogen (secondary N) is 1. The van der Waals surface area contributed by atoms with Crippen molar-refractivity contribution in [3.05, 3.63) is 38.1 Å². The summed E-state index contributed by atoms with van der Waals surface area (Å²) in [7, 11) is 0. The summed E-state index contributed by atoms with van der Waals surface area (Å²) < 4.78 is 2.22. The summed E-state index contributed by atoms with van der Waals surface area (Å²) in [6, 6.07) is 8.19. The van der Waals surface area contributed by atoms with Gasteiger partial charge in [-0.05, 0) is 52.7 Å². The molecular formula is C12H8Br2N2S. The molecule has 0 amide bonds. The van der Waals surface area contributed by atoms with Crippen LogP contribution in [0.3, 0.4) is 0 Å². The van der Waals surface area contributed by atoms with Gasteiger partial charge in [0, 0.05) is 4.47 Å². The summed E-state index contributed by atoms with van der Waals surface area (Å²) in [5, 5.41) is 0. The lowest BCUT2D eigenvalue weighted by molar-refractivity contribution is 1.35. The third kappa shape index (κ3) is 2.07. The number of nitrogens with zero attached hydrogens (tertiary/aromatic N) is 1. The van der Waals surface area contributed by atoms with Crippen molar-refractivity contribution in [2.75, 3.05) is 0 Å². The molecule has 0 aliphatic carbocycles. The third-order valence-corrected chi connectivity index (χ3v) is 5.17. The number of imidazole rings is 1. The first-order valence-electron chi connectivity index (χ1n) is 5.05. The summed E-state index contributed by atoms with van der Waals surface area (Å²) in [6.45, 7) is 2.09. The van der Waals surface area contributed by atoms with E-state index >= 15 is 0 Å². The van der Waals surface area contributed by atoms with Crippen molar-refractivity contribution in [1.82, 2.24) is 9.97 Å². The second-order valence-electron chi connectivity index (χ2n) is 3.81. The van der Waals surface area contributed by atoms with Crippen molar-refractivity contribution in [2.24, 2.45) is 0 Å². The molecule has 2 aromatic heterocycles. The summed E-state index contributed by atoms with van der Waals surface area (Å²) in [6.07, 6.45) is 0. The quantitative estimate of drug-likeness (QED) is 0.631. The monoisotopic (exact) mass is 370 g/mol. The van der Waals surface area contributed by atoms with Gasteiger partial charge >= 0.3 is 0 Å². The van der Waals surface area contributed by atoms with E-state index < -0.39 is 0 Å². The standard InChI is InChI=1S/C12H8Br2N2S/c1-6-4-10(17-11(6)14)12-15-8-3-2-7(13)5-9(8)16-12/h2-5H,1H3,(H,15,16). The van der Waals surface area contributed by atoms with E-state index in [2.05, 4.69) is 54.8 Å². The van der Waals surface area contributed by atoms with Gasteiger partial charge in [0.05, 0.1) is 19.7 Å². The van der Waals surface area contributed by atoms with Crippen LogP contribution in [0.4, 0.5) is 0 Å². The predicted octanol–water partition coefficient (Wildman–Crippen LogP) is 5.12. The Labute approximate surface area is 119 Å². The fourth-order valence-corrected chi connectivity index (χ4v) is 3.52. The number of benzene rings is 1. The second kappa shape index (κ2) is 4.23. The van der Waals surface area contributed by atoms with Gasteiger partial charge in [-0.2, -0.15) is 0 Å². The molecule has 3 rings (SSSR count). The Hall–Kier alpha value is -0.650. The number of halogens is 2. The number of aryl methyl sites for hydroxylation is 1. The van der Waals surface area contributed by atoms with E-state index in [4.69, 9.17) is 0 Å². The van der Waals surface area contributed by atoms with Gasteiger partial charge in [-0.1, -0.05) is 15.9 Å². The number of H-pyrrole nitrogens is 1. The minimum atomic E-state index is 0.928. The molecule has 2 nitrogen and oxygen atoms in total. The largest absolute Gasteiger partial charge is 0.337 e. The molecule has 86 valence electrons. The molecule has 5 heteroatoms. The molecular weight excluding hydrogens is 364 g/mol. The average molecular weight is 372 g/mol. The van der Waals surface area contributed by atoms with Crippen LogP contribution in [0.25, 0.3) is 21.7 Å². The van der Waals surface area contributed by atoms with Gasteiger partial charge in [-0.3, -0.25) is 0 Å². The van der Waals surface area contributed by atoms with E-state index in [0.29, 0.717) is 0 Å². The Bertz CT molecular complexity index is 680. The number of hydrogen-bond acceptors (Lipinski definition) is 2. The zero-order chi connectivity index (χ0) is 12.0. The summed E-state index contributed by atoms with van der Waals surface area (Å²) in [5.74, 6) is 0.928. The molecule has 0 atom stereocenters. The number of fused-ring (bicyclic) bond motifs is 1. The molecule has 3 aromatic rings. The van der Waals surface area contributed by atoms with E-state index in [1.807, 2.05) is 18.2 Å². The van der Waals surface area contributed by atoms with Crippen molar-refractivity contribution < 1.29 is 0 Å². The highest BCUT2D eigenvalue weighted by Gasteiger charge is 2.09. The third-order valence-electron chi connectivity index (χ3n) is 2.53. The molecule has 1 aromatic carbocycles. The number of aromatic amines is 1. The SMILES string of the molecule is Cc1cc(-c2nc3ccc(Br)cc3[nH]2)sc1Br. The number of hydrogen-bond donors (Lipinski definition) is 1. The van der Waals surface area contributed by atoms with Crippen LogP contribution in [-0.4, -0.2) is 9.97 Å². The first kappa shape index (κ1) is 11.4. The van der Waals surface area contributed by atoms with Crippen LogP contribution < -0.4 is 0 Å². The van der Waals surface area contributed by atoms with Gasteiger partial charge in [-0.15, -0.1) is 11.3 Å². The van der Waals surface area contributed by atoms with Gasteiger partial charge in [-0.25, -0.2) is 4.98 Å². The van der Waals surface area contributed by atoms with Crippen molar-refractivity contribution in [1.29, 1.82) is 0 Å². The highest BCUT2D eigenvalue weighted by Crippen LogP contribution is 2.34. The normalized spacial score (nSPS) is 11.2. The first-order chi connectivity index (χ1) is 8.13. The molecule has 0 bridgehead atoms. The predicted molar refractivity (Wildman–Crippen MR) is 79.5 cm³/mol. The Balaban J connectivity index is 2.17. The van der Waals surface area contributed by atoms with Crippen molar-refractivity contribution in [3.63, 3.8) is 0 Å². The van der Waals surface area contributed by atoms with Gasteiger partial charge in [0.2, 0.25) is 0 Å². The molecule has 1 N–H and O–H groups in total. The van der Waals surface area contributed by atoms with Crippen LogP contribution in [-0.2, 0) is 0 Å². The smallest absolute Gasteiger partial charge is 0.148 e. The van der Waals surface area contributed by atoms with Crippen LogP contribution in [0.5, 0.6) is 0 Å². The summed E-state index contributed by atoms with van der Waals surface area (Å²) in [4.78, 5) is 9.09. The number of aromatic nitrogens is 2. The Morgan fingerprint density at radius 1 is 1.24 bits per heavy atom. The van der Waals surface area contributed by atoms with E-state index in [0.717, 1.165) is 30.0 Å². The first-order valence-corrected chi connectivity index (χ1v) is 7.45. The van der Waals surface area contributed by atoms with Gasteiger partial charge in [0.1, 0.15) is 5.82 Å². The molecule has 0 unspecified atom stereocenters. The molecule has 2 heterocycles. The zero-order valence-corrected chi connectivity index (χ0v) is 12.9. The fourth-order valence-electron chi connectivity index (χ4n) is 1.68. The molecule has 0 saturated heterocycles. The minimum absolute atomic E-state index is 0.928. The van der Waals surface area contributed by atoms with Crippen LogP contribution >= 0.6 is 43.2 Å². The Morgan fingerprint density at radius 2 is 2.06 bits per heavy atom. The highest BCUT2D eigenvalue weighted by molar-refractivity contribution is 9.11. The van der Waals surface area contributed by atoms with Crippen LogP contribution in [0.15, 0.2) is 32.5 Å². The molecule has 0 fully saturated rings. The second-order valence-corrected chi connectivity index (χ2v) is 7.10. The maximum atomic E-state index is 4.59. The van der Waals surface area contributed by atoms with E-state index in [-0.39, 0.29) is 0 Å². The molecule has 0 radical (unpaired) electrons. The highest BCUT2D eigenvalue weighted by atomic mass is 79.9. The van der Waals surface area contributed by atoms with E-state index in [1.165, 1.54) is 5.56 Å². The van der Waals surface area contributed by atoms with Crippen molar-refractivity contribution in [3.8, 4) is 10.7 Å². The average Bonchev–Trinajstić information content (AvgIpc) is 2.83. The van der Waals surface area contributed by atoms with Gasteiger partial charge < -0.3 is 4.98 Å². The van der Waals surface area contributed by atoms with Crippen molar-refractivity contribution >= 4 is 54.2 Å². The maximum Gasteiger partial charge on any atom is 0.148 e. The zero-order valence-electron chi connectivity index (χ0n) is 8.92. The molecule has 0 spiro atoms. The lowest BCUT2D eigenvalue weighted by atomic mass is 10.3. The van der Waals surface area contributed by atoms with E-state index in [9.17, 15) is 0 Å². The molecule has 0 saturated carbocycles. The minimum Gasteiger partial charge on any atom is -0.337 e. The Morgan fingerprint density at radius 3 is 2.76 bits per heavy atom. The summed E-state index contributed by atoms with van der Waals surface area (Å²) >= 11 is 8.70. The molecule has 0 aliphatic rings. The van der Waals surface area contributed by atoms with Crippen LogP contribution in [0.1, 0.15) is 5.56 Å². The number of thiophene rings is 1. The number of rotatable bonds is 1. The lowest BCUT2D eigenvalue weighted by Gasteiger charge is -1.88. The summed E-state index contributed by atoms with van der Waals surface area (Å²) in [5.41, 5.74) is 3.29. The van der Waals surface area contributed by atoms with Crippen LogP contribution in [0.2, 0.25) is 0 Å². The lowest BCUT2D eigenvalue weighted by Crippen LogP contribution is -1.72. The van der Waals surface area contributed by atoms with Crippen LogP contribution in [0, 0.1) is 6.92 Å². The van der Waals surface area contributed by atoms with Gasteiger partial charge in [0.15, 0.2) is 0 Å². The maximum absolute atomic E-state index is 4.59. The fraction of sp³-hybridized carbons (Fsp3) is 0.0833. The Kier molecular flexibility index (Phi) is 2.84. The van der Waals surface area contributed by atoms with E-state index in [1.54, 1.807) is 11.3 Å².